The van der Waals surface area contributed by atoms with Gasteiger partial charge in [-0.2, -0.15) is 0 Å². The van der Waals surface area contributed by atoms with Crippen LogP contribution in [0.1, 0.15) is 28.8 Å². The number of carbonyl (C=O) groups excluding carboxylic acids is 1. The number of hydrogen-bond donors (Lipinski definition) is 2. The zero-order valence-electron chi connectivity index (χ0n) is 12.3. The van der Waals surface area contributed by atoms with Crippen LogP contribution in [0, 0.1) is 5.92 Å². The monoisotopic (exact) mass is 290 g/mol. The summed E-state index contributed by atoms with van der Waals surface area (Å²) in [5, 5.41) is 12.4. The van der Waals surface area contributed by atoms with Crippen LogP contribution in [-0.4, -0.2) is 48.6 Å². The first kappa shape index (κ1) is 15.5. The van der Waals surface area contributed by atoms with Gasteiger partial charge in [0.1, 0.15) is 0 Å². The number of carboxylic acids is 1. The Kier molecular flexibility index (Phi) is 5.33. The van der Waals surface area contributed by atoms with Gasteiger partial charge >= 0.3 is 5.97 Å². The molecule has 1 aromatic carbocycles. The Balaban J connectivity index is 1.93. The number of nitrogens with zero attached hydrogens (tertiary/aromatic N) is 1. The summed E-state index contributed by atoms with van der Waals surface area (Å²) in [4.78, 5) is 25.2. The number of aromatic carboxylic acids is 1. The third-order valence-corrected chi connectivity index (χ3v) is 3.99. The lowest BCUT2D eigenvalue weighted by atomic mass is 9.98. The molecule has 5 heteroatoms. The van der Waals surface area contributed by atoms with E-state index in [1.165, 1.54) is 0 Å². The smallest absolute Gasteiger partial charge is 0.335 e. The molecule has 0 radical (unpaired) electrons. The normalized spacial score (nSPS) is 18.2. The van der Waals surface area contributed by atoms with Gasteiger partial charge in [0.2, 0.25) is 5.91 Å². The molecule has 21 heavy (non-hydrogen) atoms. The molecule has 0 bridgehead atoms. The van der Waals surface area contributed by atoms with Crippen LogP contribution >= 0.6 is 0 Å². The van der Waals surface area contributed by atoms with Crippen molar-refractivity contribution < 1.29 is 14.7 Å². The number of benzene rings is 1. The first-order valence-electron chi connectivity index (χ1n) is 7.36. The molecule has 0 unspecified atom stereocenters. The molecule has 1 aromatic rings. The summed E-state index contributed by atoms with van der Waals surface area (Å²) >= 11 is 0. The Morgan fingerprint density at radius 1 is 1.38 bits per heavy atom. The Bertz CT molecular complexity index is 510. The van der Waals surface area contributed by atoms with E-state index in [4.69, 9.17) is 5.11 Å². The second kappa shape index (κ2) is 7.22. The van der Waals surface area contributed by atoms with E-state index in [0.29, 0.717) is 18.5 Å². The summed E-state index contributed by atoms with van der Waals surface area (Å²) in [7, 11) is 1.79. The molecule has 1 amide bonds. The van der Waals surface area contributed by atoms with E-state index in [1.807, 2.05) is 12.1 Å². The van der Waals surface area contributed by atoms with Crippen LogP contribution in [0.4, 0.5) is 0 Å². The van der Waals surface area contributed by atoms with Crippen LogP contribution in [0.3, 0.4) is 0 Å². The summed E-state index contributed by atoms with van der Waals surface area (Å²) < 4.78 is 0. The van der Waals surface area contributed by atoms with Gasteiger partial charge in [-0.3, -0.25) is 4.79 Å². The van der Waals surface area contributed by atoms with Gasteiger partial charge in [0.15, 0.2) is 0 Å². The number of carboxylic acid groups (broad SMARTS) is 1. The predicted molar refractivity (Wildman–Crippen MR) is 80.3 cm³/mol. The highest BCUT2D eigenvalue weighted by atomic mass is 16.4. The molecule has 0 aliphatic carbocycles. The maximum atomic E-state index is 12.3. The van der Waals surface area contributed by atoms with Crippen LogP contribution < -0.4 is 5.32 Å². The van der Waals surface area contributed by atoms with Gasteiger partial charge in [0.25, 0.3) is 0 Å². The van der Waals surface area contributed by atoms with E-state index in [2.05, 4.69) is 5.32 Å². The van der Waals surface area contributed by atoms with Crippen LogP contribution in [0.15, 0.2) is 24.3 Å². The fourth-order valence-corrected chi connectivity index (χ4v) is 2.72. The SMILES string of the molecule is CN(CCc1ccccc1C(=O)O)C(=O)[C@@H]1CCCNC1. The van der Waals surface area contributed by atoms with Crippen molar-refractivity contribution in [3.8, 4) is 0 Å². The van der Waals surface area contributed by atoms with E-state index in [0.717, 1.165) is 31.5 Å². The molecule has 1 fully saturated rings. The largest absolute Gasteiger partial charge is 0.478 e. The summed E-state index contributed by atoms with van der Waals surface area (Å²) in [5.41, 5.74) is 1.09. The number of carbonyl (C=O) groups is 2. The van der Waals surface area contributed by atoms with Gasteiger partial charge in [0, 0.05) is 20.1 Å². The zero-order chi connectivity index (χ0) is 15.2. The molecule has 2 rings (SSSR count). The van der Waals surface area contributed by atoms with E-state index in [9.17, 15) is 9.59 Å². The van der Waals surface area contributed by atoms with Gasteiger partial charge in [-0.15, -0.1) is 0 Å². The number of nitrogens with one attached hydrogen (secondary N) is 1. The van der Waals surface area contributed by atoms with Gasteiger partial charge in [0.05, 0.1) is 11.5 Å². The molecule has 114 valence electrons. The molecule has 1 atom stereocenters. The lowest BCUT2D eigenvalue weighted by Gasteiger charge is -2.27. The Hall–Kier alpha value is -1.88. The lowest BCUT2D eigenvalue weighted by molar-refractivity contribution is -0.134. The summed E-state index contributed by atoms with van der Waals surface area (Å²) in [6, 6.07) is 6.96. The molecule has 1 heterocycles. The van der Waals surface area contributed by atoms with Gasteiger partial charge in [-0.1, -0.05) is 18.2 Å². The minimum Gasteiger partial charge on any atom is -0.478 e. The Labute approximate surface area is 125 Å². The maximum Gasteiger partial charge on any atom is 0.335 e. The second-order valence-corrected chi connectivity index (χ2v) is 5.52. The second-order valence-electron chi connectivity index (χ2n) is 5.52. The number of hydrogen-bond acceptors (Lipinski definition) is 3. The molecule has 1 aliphatic heterocycles. The van der Waals surface area contributed by atoms with E-state index < -0.39 is 5.97 Å². The van der Waals surface area contributed by atoms with Gasteiger partial charge in [-0.25, -0.2) is 4.79 Å². The van der Waals surface area contributed by atoms with Crippen LogP contribution in [0.2, 0.25) is 0 Å². The summed E-state index contributed by atoms with van der Waals surface area (Å²) in [5.74, 6) is -0.718. The third kappa shape index (κ3) is 4.04. The fraction of sp³-hybridized carbons (Fsp3) is 0.500. The molecule has 5 nitrogen and oxygen atoms in total. The highest BCUT2D eigenvalue weighted by Gasteiger charge is 2.23. The van der Waals surface area contributed by atoms with Gasteiger partial charge < -0.3 is 15.3 Å². The minimum atomic E-state index is -0.920. The predicted octanol–water partition coefficient (Wildman–Crippen LogP) is 1.39. The zero-order valence-corrected chi connectivity index (χ0v) is 12.3. The van der Waals surface area contributed by atoms with E-state index >= 15 is 0 Å². The van der Waals surface area contributed by atoms with Crippen LogP contribution in [0.25, 0.3) is 0 Å². The molecule has 0 aromatic heterocycles. The van der Waals surface area contributed by atoms with Crippen molar-refractivity contribution in [1.82, 2.24) is 10.2 Å². The summed E-state index contributed by atoms with van der Waals surface area (Å²) in [6.07, 6.45) is 2.53. The average Bonchev–Trinajstić information content (AvgIpc) is 2.52. The molecular weight excluding hydrogens is 268 g/mol. The Morgan fingerprint density at radius 2 is 2.14 bits per heavy atom. The number of piperidine rings is 1. The molecule has 2 N–H and O–H groups in total. The maximum absolute atomic E-state index is 12.3. The first-order chi connectivity index (χ1) is 10.1. The number of likely N-dealkylation sites (N-methyl/N-ethyl adjacent to an activating group) is 1. The van der Waals surface area contributed by atoms with Crippen molar-refractivity contribution >= 4 is 11.9 Å². The van der Waals surface area contributed by atoms with Crippen molar-refractivity contribution in [2.24, 2.45) is 5.92 Å². The molecule has 0 spiro atoms. The van der Waals surface area contributed by atoms with Crippen molar-refractivity contribution in [1.29, 1.82) is 0 Å². The standard InChI is InChI=1S/C16H22N2O3/c1-18(15(19)13-6-4-9-17-11-13)10-8-12-5-2-3-7-14(12)16(20)21/h2-3,5,7,13,17H,4,6,8-11H2,1H3,(H,20,21)/t13-/m1/s1. The van der Waals surface area contributed by atoms with Crippen LogP contribution in [0.5, 0.6) is 0 Å². The molecule has 0 saturated carbocycles. The molecule has 1 aliphatic rings. The van der Waals surface area contributed by atoms with Crippen molar-refractivity contribution in [2.75, 3.05) is 26.7 Å². The van der Waals surface area contributed by atoms with E-state index in [1.54, 1.807) is 24.1 Å². The third-order valence-electron chi connectivity index (χ3n) is 3.99. The number of rotatable bonds is 5. The van der Waals surface area contributed by atoms with Crippen molar-refractivity contribution in [2.45, 2.75) is 19.3 Å². The minimum absolute atomic E-state index is 0.0541. The highest BCUT2D eigenvalue weighted by molar-refractivity contribution is 5.89. The summed E-state index contributed by atoms with van der Waals surface area (Å²) in [6.45, 7) is 2.27. The quantitative estimate of drug-likeness (QED) is 0.859. The molecule has 1 saturated heterocycles. The highest BCUT2D eigenvalue weighted by Crippen LogP contribution is 2.14. The number of amides is 1. The van der Waals surface area contributed by atoms with Crippen molar-refractivity contribution in [3.05, 3.63) is 35.4 Å². The van der Waals surface area contributed by atoms with Crippen molar-refractivity contribution in [3.63, 3.8) is 0 Å². The molecular formula is C16H22N2O3. The average molecular weight is 290 g/mol. The van der Waals surface area contributed by atoms with Crippen LogP contribution in [-0.2, 0) is 11.2 Å². The van der Waals surface area contributed by atoms with E-state index in [-0.39, 0.29) is 11.8 Å². The first-order valence-corrected chi connectivity index (χ1v) is 7.36. The topological polar surface area (TPSA) is 69.6 Å². The van der Waals surface area contributed by atoms with Gasteiger partial charge in [-0.05, 0) is 37.4 Å². The lowest BCUT2D eigenvalue weighted by Crippen LogP contribution is -2.42. The fourth-order valence-electron chi connectivity index (χ4n) is 2.72. The Morgan fingerprint density at radius 3 is 2.81 bits per heavy atom.